The molecule has 0 spiro atoms. The summed E-state index contributed by atoms with van der Waals surface area (Å²) in [5.41, 5.74) is 1.23. The smallest absolute Gasteiger partial charge is 0.231 e. The second-order valence-corrected chi connectivity index (χ2v) is 7.48. The minimum atomic E-state index is 0.334. The van der Waals surface area contributed by atoms with Crippen LogP contribution >= 0.6 is 11.8 Å². The topological polar surface area (TPSA) is 51.6 Å². The van der Waals surface area contributed by atoms with E-state index < -0.39 is 0 Å². The SMILES string of the molecule is Cn1ccnc1SCCNC1CCN(c2ccc3c(c2)OCO3)CC1. The summed E-state index contributed by atoms with van der Waals surface area (Å²) in [6.07, 6.45) is 6.17. The van der Waals surface area contributed by atoms with E-state index in [0.29, 0.717) is 12.8 Å². The summed E-state index contributed by atoms with van der Waals surface area (Å²) in [6.45, 7) is 3.50. The molecule has 3 heterocycles. The molecule has 1 N–H and O–H groups in total. The van der Waals surface area contributed by atoms with Gasteiger partial charge >= 0.3 is 0 Å². The molecule has 1 fully saturated rings. The first-order valence-corrected chi connectivity index (χ1v) is 9.76. The van der Waals surface area contributed by atoms with Crippen LogP contribution in [0.2, 0.25) is 0 Å². The summed E-state index contributed by atoms with van der Waals surface area (Å²) < 4.78 is 12.9. The Labute approximate surface area is 152 Å². The number of hydrogen-bond donors (Lipinski definition) is 1. The highest BCUT2D eigenvalue weighted by Crippen LogP contribution is 2.36. The van der Waals surface area contributed by atoms with Gasteiger partial charge in [-0.3, -0.25) is 0 Å². The third-order valence-electron chi connectivity index (χ3n) is 4.76. The second kappa shape index (κ2) is 7.58. The van der Waals surface area contributed by atoms with Crippen molar-refractivity contribution >= 4 is 17.4 Å². The van der Waals surface area contributed by atoms with Gasteiger partial charge in [-0.1, -0.05) is 11.8 Å². The third-order valence-corrected chi connectivity index (χ3v) is 5.82. The second-order valence-electron chi connectivity index (χ2n) is 6.42. The molecule has 0 radical (unpaired) electrons. The van der Waals surface area contributed by atoms with E-state index in [-0.39, 0.29) is 0 Å². The minimum Gasteiger partial charge on any atom is -0.454 e. The van der Waals surface area contributed by atoms with Crippen LogP contribution in [0.3, 0.4) is 0 Å². The van der Waals surface area contributed by atoms with Gasteiger partial charge in [-0.2, -0.15) is 0 Å². The minimum absolute atomic E-state index is 0.334. The number of fused-ring (bicyclic) bond motifs is 1. The number of imidazole rings is 1. The number of aryl methyl sites for hydroxylation is 1. The molecule has 1 saturated heterocycles. The maximum atomic E-state index is 5.49. The number of piperidine rings is 1. The molecule has 2 aromatic rings. The standard InChI is InChI=1S/C18H24N4O2S/c1-21-10-6-20-18(21)25-11-7-19-14-4-8-22(9-5-14)15-2-3-16-17(12-15)24-13-23-16/h2-3,6,10,12,14,19H,4-5,7-9,11,13H2,1H3. The molecule has 0 bridgehead atoms. The maximum absolute atomic E-state index is 5.49. The molecule has 2 aliphatic rings. The summed E-state index contributed by atoms with van der Waals surface area (Å²) >= 11 is 1.80. The van der Waals surface area contributed by atoms with Crippen molar-refractivity contribution in [2.75, 3.05) is 37.1 Å². The number of nitrogens with zero attached hydrogens (tertiary/aromatic N) is 3. The van der Waals surface area contributed by atoms with Crippen molar-refractivity contribution in [1.82, 2.24) is 14.9 Å². The summed E-state index contributed by atoms with van der Waals surface area (Å²) in [4.78, 5) is 6.77. The first kappa shape index (κ1) is 16.6. The average Bonchev–Trinajstić information content (AvgIpc) is 3.27. The van der Waals surface area contributed by atoms with Gasteiger partial charge in [-0.05, 0) is 25.0 Å². The van der Waals surface area contributed by atoms with Crippen LogP contribution in [0.25, 0.3) is 0 Å². The van der Waals surface area contributed by atoms with E-state index in [0.717, 1.165) is 42.0 Å². The monoisotopic (exact) mass is 360 g/mol. The fourth-order valence-corrected chi connectivity index (χ4v) is 4.12. The van der Waals surface area contributed by atoms with E-state index in [1.165, 1.54) is 18.5 Å². The van der Waals surface area contributed by atoms with Crippen molar-refractivity contribution in [3.05, 3.63) is 30.6 Å². The Morgan fingerprint density at radius 1 is 1.24 bits per heavy atom. The van der Waals surface area contributed by atoms with Gasteiger partial charge in [0.05, 0.1) is 0 Å². The molecule has 4 rings (SSSR count). The van der Waals surface area contributed by atoms with Crippen LogP contribution in [-0.4, -0.2) is 47.8 Å². The largest absolute Gasteiger partial charge is 0.454 e. The van der Waals surface area contributed by atoms with E-state index in [4.69, 9.17) is 9.47 Å². The lowest BCUT2D eigenvalue weighted by molar-refractivity contribution is 0.174. The number of benzene rings is 1. The molecule has 1 aromatic carbocycles. The number of hydrogen-bond acceptors (Lipinski definition) is 6. The molecular weight excluding hydrogens is 336 g/mol. The van der Waals surface area contributed by atoms with Crippen molar-refractivity contribution < 1.29 is 9.47 Å². The molecule has 0 saturated carbocycles. The zero-order valence-corrected chi connectivity index (χ0v) is 15.3. The number of nitrogens with one attached hydrogen (secondary N) is 1. The predicted octanol–water partition coefficient (Wildman–Crippen LogP) is 2.50. The Hall–Kier alpha value is -1.86. The van der Waals surface area contributed by atoms with Crippen molar-refractivity contribution in [3.8, 4) is 11.5 Å². The highest BCUT2D eigenvalue weighted by molar-refractivity contribution is 7.99. The Morgan fingerprint density at radius 2 is 2.08 bits per heavy atom. The van der Waals surface area contributed by atoms with Crippen molar-refractivity contribution in [3.63, 3.8) is 0 Å². The van der Waals surface area contributed by atoms with Gasteiger partial charge in [0.25, 0.3) is 0 Å². The highest BCUT2D eigenvalue weighted by Gasteiger charge is 2.21. The summed E-state index contributed by atoms with van der Waals surface area (Å²) in [5.74, 6) is 2.77. The van der Waals surface area contributed by atoms with Gasteiger partial charge in [0.15, 0.2) is 16.7 Å². The number of thioether (sulfide) groups is 1. The molecule has 134 valence electrons. The van der Waals surface area contributed by atoms with Gasteiger partial charge < -0.3 is 24.3 Å². The molecule has 0 atom stereocenters. The number of anilines is 1. The van der Waals surface area contributed by atoms with Crippen LogP contribution in [0.1, 0.15) is 12.8 Å². The highest BCUT2D eigenvalue weighted by atomic mass is 32.2. The molecule has 0 aliphatic carbocycles. The first-order valence-electron chi connectivity index (χ1n) is 8.78. The van der Waals surface area contributed by atoms with Gasteiger partial charge in [-0.25, -0.2) is 4.98 Å². The molecule has 0 amide bonds. The third kappa shape index (κ3) is 3.88. The number of ether oxygens (including phenoxy) is 2. The van der Waals surface area contributed by atoms with E-state index >= 15 is 0 Å². The van der Waals surface area contributed by atoms with Crippen LogP contribution in [-0.2, 0) is 7.05 Å². The van der Waals surface area contributed by atoms with Crippen LogP contribution in [0.4, 0.5) is 5.69 Å². The van der Waals surface area contributed by atoms with Crippen LogP contribution in [0, 0.1) is 0 Å². The van der Waals surface area contributed by atoms with E-state index in [1.54, 1.807) is 11.8 Å². The van der Waals surface area contributed by atoms with Crippen LogP contribution in [0.5, 0.6) is 11.5 Å². The van der Waals surface area contributed by atoms with Crippen molar-refractivity contribution in [1.29, 1.82) is 0 Å². The van der Waals surface area contributed by atoms with Crippen molar-refractivity contribution in [2.45, 2.75) is 24.0 Å². The zero-order chi connectivity index (χ0) is 17.1. The van der Waals surface area contributed by atoms with Gasteiger partial charge in [0.2, 0.25) is 6.79 Å². The molecule has 7 heteroatoms. The van der Waals surface area contributed by atoms with E-state index in [1.807, 2.05) is 25.5 Å². The normalized spacial score (nSPS) is 17.2. The van der Waals surface area contributed by atoms with Gasteiger partial charge in [0.1, 0.15) is 0 Å². The van der Waals surface area contributed by atoms with Gasteiger partial charge in [-0.15, -0.1) is 0 Å². The fourth-order valence-electron chi connectivity index (χ4n) is 3.32. The van der Waals surface area contributed by atoms with Crippen LogP contribution < -0.4 is 19.7 Å². The average molecular weight is 360 g/mol. The summed E-state index contributed by atoms with van der Waals surface area (Å²) in [7, 11) is 2.04. The van der Waals surface area contributed by atoms with E-state index in [9.17, 15) is 0 Å². The predicted molar refractivity (Wildman–Crippen MR) is 99.7 cm³/mol. The molecular formula is C18H24N4O2S. The fraction of sp³-hybridized carbons (Fsp3) is 0.500. The lowest BCUT2D eigenvalue weighted by Crippen LogP contribution is -2.43. The van der Waals surface area contributed by atoms with E-state index in [2.05, 4.69) is 31.9 Å². The lowest BCUT2D eigenvalue weighted by Gasteiger charge is -2.34. The van der Waals surface area contributed by atoms with Crippen LogP contribution in [0.15, 0.2) is 35.7 Å². The molecule has 6 nitrogen and oxygen atoms in total. The number of aromatic nitrogens is 2. The Bertz CT molecular complexity index is 713. The Morgan fingerprint density at radius 3 is 2.88 bits per heavy atom. The zero-order valence-electron chi connectivity index (χ0n) is 14.5. The quantitative estimate of drug-likeness (QED) is 0.631. The van der Waals surface area contributed by atoms with Gasteiger partial charge in [0, 0.05) is 62.6 Å². The molecule has 1 aromatic heterocycles. The molecule has 0 unspecified atom stereocenters. The molecule has 25 heavy (non-hydrogen) atoms. The Kier molecular flexibility index (Phi) is 5.03. The summed E-state index contributed by atoms with van der Waals surface area (Å²) in [6, 6.07) is 6.84. The number of rotatable bonds is 6. The molecule has 2 aliphatic heterocycles. The maximum Gasteiger partial charge on any atom is 0.231 e. The Balaban J connectivity index is 1.20. The lowest BCUT2D eigenvalue weighted by atomic mass is 10.0. The summed E-state index contributed by atoms with van der Waals surface area (Å²) in [5, 5.41) is 4.77. The van der Waals surface area contributed by atoms with Crippen molar-refractivity contribution in [2.24, 2.45) is 7.05 Å². The first-order chi connectivity index (χ1) is 12.3.